The number of Topliss-reactive ketones (excluding diaryl/α,β-unsaturated/α-hetero) is 1. The van der Waals surface area contributed by atoms with E-state index in [1.165, 1.54) is 12.2 Å². The molecule has 242 valence electrons. The molecule has 7 nitrogen and oxygen atoms in total. The minimum Gasteiger partial charge on any atom is -0.457 e. The maximum atomic E-state index is 17.7. The van der Waals surface area contributed by atoms with Gasteiger partial charge in [0, 0.05) is 27.7 Å². The molecule has 0 bridgehead atoms. The van der Waals surface area contributed by atoms with Gasteiger partial charge in [-0.2, -0.15) is 0 Å². The maximum Gasteiger partial charge on any atom is 0.310 e. The van der Waals surface area contributed by atoms with Crippen LogP contribution < -0.4 is 5.06 Å². The van der Waals surface area contributed by atoms with Gasteiger partial charge in [-0.15, -0.1) is 0 Å². The molecule has 0 amide bonds. The fraction of sp³-hybridized carbons (Fsp3) is 0.472. The molecule has 3 saturated carbocycles. The van der Waals surface area contributed by atoms with Gasteiger partial charge in [0.05, 0.1) is 24.8 Å². The Morgan fingerprint density at radius 3 is 2.52 bits per heavy atom. The standard InChI is InChI=1S/C36H36ClF2NO6/c1-33-13-12-25(41)16-28(33)29(38)17-27-26-15-22-19-40(24-10-8-23(37)9-11-24)46-36(22,34(26,2)18-30(42)35(27,33)39)31(43)20-45-32(44)14-21-6-4-3-5-7-21/h3-13,16,22,26-27,29-30,42H,14-15,17-20H2,1-2H3/t22?,26-,27-,29-,30-,33-,34-,35-,36-/m0/s1. The summed E-state index contributed by atoms with van der Waals surface area (Å²) in [4.78, 5) is 46.2. The monoisotopic (exact) mass is 651 g/mol. The lowest BCUT2D eigenvalue weighted by molar-refractivity contribution is -0.228. The van der Waals surface area contributed by atoms with Crippen molar-refractivity contribution in [2.75, 3.05) is 18.2 Å². The van der Waals surface area contributed by atoms with Gasteiger partial charge < -0.3 is 9.84 Å². The average molecular weight is 652 g/mol. The molecule has 5 aliphatic rings. The first-order valence-electron chi connectivity index (χ1n) is 15.7. The van der Waals surface area contributed by atoms with Crippen LogP contribution >= 0.6 is 11.6 Å². The first-order valence-corrected chi connectivity index (χ1v) is 16.1. The SMILES string of the molecule is C[C@]12C=CC(=O)C=C1[C@@H](F)C[C@H]1[C@@H]3CC4CN(c5ccc(Cl)cc5)O[C@@]4(C(=O)COC(=O)Cc4ccccc4)[C@@]3(C)C[C@H](O)[C@@]12F. The number of ether oxygens (including phenoxy) is 1. The fourth-order valence-electron chi connectivity index (χ4n) is 9.58. The number of fused-ring (bicyclic) bond motifs is 7. The van der Waals surface area contributed by atoms with Gasteiger partial charge in [0.15, 0.2) is 23.7 Å². The van der Waals surface area contributed by atoms with Crippen LogP contribution in [-0.2, 0) is 30.4 Å². The van der Waals surface area contributed by atoms with Crippen LogP contribution in [0.4, 0.5) is 14.5 Å². The van der Waals surface area contributed by atoms with Gasteiger partial charge in [-0.25, -0.2) is 8.78 Å². The van der Waals surface area contributed by atoms with E-state index in [1.807, 2.05) is 13.0 Å². The number of aliphatic hydroxyl groups excluding tert-OH is 1. The van der Waals surface area contributed by atoms with Crippen molar-refractivity contribution >= 4 is 34.8 Å². The lowest BCUT2D eigenvalue weighted by atomic mass is 9.44. The lowest BCUT2D eigenvalue weighted by Crippen LogP contribution is -2.70. The number of halogens is 3. The molecule has 0 spiro atoms. The molecule has 1 unspecified atom stereocenters. The molecule has 4 aliphatic carbocycles. The van der Waals surface area contributed by atoms with Gasteiger partial charge >= 0.3 is 5.97 Å². The lowest BCUT2D eigenvalue weighted by Gasteiger charge is -2.63. The Kier molecular flexibility index (Phi) is 7.34. The Bertz CT molecular complexity index is 1650. The Morgan fingerprint density at radius 2 is 1.80 bits per heavy atom. The van der Waals surface area contributed by atoms with Crippen molar-refractivity contribution in [2.24, 2.45) is 28.6 Å². The summed E-state index contributed by atoms with van der Waals surface area (Å²) in [7, 11) is 0. The minimum absolute atomic E-state index is 0.0182. The van der Waals surface area contributed by atoms with Gasteiger partial charge in [0.2, 0.25) is 5.78 Å². The number of hydrogen-bond acceptors (Lipinski definition) is 7. The molecule has 9 atom stereocenters. The Labute approximate surface area is 271 Å². The highest BCUT2D eigenvalue weighted by atomic mass is 35.5. The van der Waals surface area contributed by atoms with Crippen LogP contribution in [0.1, 0.15) is 38.7 Å². The number of benzene rings is 2. The predicted molar refractivity (Wildman–Crippen MR) is 166 cm³/mol. The number of alkyl halides is 2. The van der Waals surface area contributed by atoms with E-state index in [9.17, 15) is 19.5 Å². The van der Waals surface area contributed by atoms with E-state index in [4.69, 9.17) is 21.2 Å². The number of allylic oxidation sites excluding steroid dienone is 4. The molecule has 4 fully saturated rings. The van der Waals surface area contributed by atoms with Crippen molar-refractivity contribution in [1.82, 2.24) is 0 Å². The molecule has 1 saturated heterocycles. The zero-order valence-corrected chi connectivity index (χ0v) is 26.4. The molecule has 0 radical (unpaired) electrons. The molecule has 46 heavy (non-hydrogen) atoms. The number of hydrogen-bond donors (Lipinski definition) is 1. The smallest absolute Gasteiger partial charge is 0.310 e. The zero-order chi connectivity index (χ0) is 32.6. The Hall–Kier alpha value is -3.40. The molecule has 0 aromatic heterocycles. The predicted octanol–water partition coefficient (Wildman–Crippen LogP) is 5.73. The number of esters is 1. The van der Waals surface area contributed by atoms with Crippen LogP contribution in [0.5, 0.6) is 0 Å². The molecule has 7 rings (SSSR count). The Balaban J connectivity index is 1.25. The number of rotatable bonds is 6. The summed E-state index contributed by atoms with van der Waals surface area (Å²) < 4.78 is 39.2. The van der Waals surface area contributed by atoms with Gasteiger partial charge in [0.25, 0.3) is 0 Å². The van der Waals surface area contributed by atoms with E-state index in [2.05, 4.69) is 0 Å². The highest BCUT2D eigenvalue weighted by Crippen LogP contribution is 2.72. The van der Waals surface area contributed by atoms with Gasteiger partial charge in [-0.3, -0.25) is 24.3 Å². The van der Waals surface area contributed by atoms with Crippen LogP contribution in [0.3, 0.4) is 0 Å². The summed E-state index contributed by atoms with van der Waals surface area (Å²) >= 11 is 6.12. The summed E-state index contributed by atoms with van der Waals surface area (Å²) in [5.41, 5.74) is -5.12. The second-order valence-corrected chi connectivity index (χ2v) is 14.3. The molecule has 2 aromatic carbocycles. The molecule has 1 aliphatic heterocycles. The maximum absolute atomic E-state index is 17.7. The van der Waals surface area contributed by atoms with Crippen molar-refractivity contribution in [3.63, 3.8) is 0 Å². The van der Waals surface area contributed by atoms with Crippen LogP contribution in [0, 0.1) is 28.6 Å². The summed E-state index contributed by atoms with van der Waals surface area (Å²) in [5, 5.41) is 14.0. The summed E-state index contributed by atoms with van der Waals surface area (Å²) in [6.07, 6.45) is 0.528. The van der Waals surface area contributed by atoms with Crippen molar-refractivity contribution in [1.29, 1.82) is 0 Å². The first-order chi connectivity index (χ1) is 21.8. The van der Waals surface area contributed by atoms with Crippen LogP contribution in [-0.4, -0.2) is 59.3 Å². The van der Waals surface area contributed by atoms with E-state index in [1.54, 1.807) is 60.5 Å². The number of carbonyl (C=O) groups excluding carboxylic acids is 3. The van der Waals surface area contributed by atoms with E-state index < -0.39 is 76.3 Å². The van der Waals surface area contributed by atoms with Crippen molar-refractivity contribution in [2.45, 2.75) is 63.1 Å². The largest absolute Gasteiger partial charge is 0.457 e. The topological polar surface area (TPSA) is 93.1 Å². The molecule has 1 heterocycles. The number of aliphatic hydroxyl groups is 1. The minimum atomic E-state index is -2.29. The quantitative estimate of drug-likeness (QED) is 0.399. The number of carbonyl (C=O) groups is 3. The third-order valence-electron chi connectivity index (χ3n) is 11.7. The van der Waals surface area contributed by atoms with Gasteiger partial charge in [0.1, 0.15) is 6.17 Å². The molecule has 10 heteroatoms. The summed E-state index contributed by atoms with van der Waals surface area (Å²) in [6.45, 7) is 3.07. The third-order valence-corrected chi connectivity index (χ3v) is 12.0. The van der Waals surface area contributed by atoms with Crippen molar-refractivity contribution < 1.29 is 37.8 Å². The van der Waals surface area contributed by atoms with E-state index >= 15 is 8.78 Å². The number of hydroxylamine groups is 1. The van der Waals surface area contributed by atoms with E-state index in [-0.39, 0.29) is 31.4 Å². The zero-order valence-electron chi connectivity index (χ0n) is 25.6. The summed E-state index contributed by atoms with van der Waals surface area (Å²) in [6, 6.07) is 16.0. The first kappa shape index (κ1) is 31.2. The third kappa shape index (κ3) is 4.31. The number of anilines is 1. The highest BCUT2D eigenvalue weighted by Gasteiger charge is 2.79. The average Bonchev–Trinajstić information content (AvgIpc) is 3.52. The molecule has 2 aromatic rings. The van der Waals surface area contributed by atoms with Crippen molar-refractivity contribution in [3.05, 3.63) is 89.0 Å². The van der Waals surface area contributed by atoms with E-state index in [0.717, 1.165) is 11.6 Å². The van der Waals surface area contributed by atoms with Crippen LogP contribution in [0.25, 0.3) is 0 Å². The molecular weight excluding hydrogens is 616 g/mol. The second-order valence-electron chi connectivity index (χ2n) is 13.9. The summed E-state index contributed by atoms with van der Waals surface area (Å²) in [5.74, 6) is -3.47. The second kappa shape index (κ2) is 10.8. The Morgan fingerprint density at radius 1 is 1.09 bits per heavy atom. The number of ketones is 2. The highest BCUT2D eigenvalue weighted by molar-refractivity contribution is 6.30. The van der Waals surface area contributed by atoms with Crippen LogP contribution in [0.2, 0.25) is 5.02 Å². The molecule has 1 N–H and O–H groups in total. The fourth-order valence-corrected chi connectivity index (χ4v) is 9.70. The van der Waals surface area contributed by atoms with Gasteiger partial charge in [-0.05, 0) is 79.7 Å². The normalized spacial score (nSPS) is 39.2. The number of nitrogens with zero attached hydrogens (tertiary/aromatic N) is 1. The molecular formula is C36H36ClF2NO6. The van der Waals surface area contributed by atoms with E-state index in [0.29, 0.717) is 17.1 Å². The van der Waals surface area contributed by atoms with Crippen LogP contribution in [0.15, 0.2) is 78.4 Å². The van der Waals surface area contributed by atoms with Gasteiger partial charge in [-0.1, -0.05) is 54.9 Å². The van der Waals surface area contributed by atoms with Crippen molar-refractivity contribution in [3.8, 4) is 0 Å².